The molecular weight excluding hydrogens is 292 g/mol. The quantitative estimate of drug-likeness (QED) is 0.863. The largest absolute Gasteiger partial charge is 0.362 e. The summed E-state index contributed by atoms with van der Waals surface area (Å²) in [6.07, 6.45) is 2.24. The molecule has 0 atom stereocenters. The molecule has 0 saturated carbocycles. The Bertz CT molecular complexity index is 651. The van der Waals surface area contributed by atoms with Gasteiger partial charge in [-0.2, -0.15) is 0 Å². The highest BCUT2D eigenvalue weighted by Gasteiger charge is 2.20. The SMILES string of the molecule is Cc1ccc2c(c1)CCCN2CC(=O)N(C)Cc1cccs1. The van der Waals surface area contributed by atoms with E-state index in [9.17, 15) is 4.79 Å². The summed E-state index contributed by atoms with van der Waals surface area (Å²) in [4.78, 5) is 17.8. The van der Waals surface area contributed by atoms with Gasteiger partial charge in [-0.05, 0) is 42.8 Å². The van der Waals surface area contributed by atoms with Crippen LogP contribution in [-0.4, -0.2) is 30.9 Å². The minimum absolute atomic E-state index is 0.182. The molecule has 1 aromatic carbocycles. The molecule has 0 fully saturated rings. The van der Waals surface area contributed by atoms with E-state index in [2.05, 4.69) is 41.5 Å². The van der Waals surface area contributed by atoms with Gasteiger partial charge in [-0.15, -0.1) is 11.3 Å². The summed E-state index contributed by atoms with van der Waals surface area (Å²) < 4.78 is 0. The Hall–Kier alpha value is -1.81. The highest BCUT2D eigenvalue weighted by atomic mass is 32.1. The predicted octanol–water partition coefficient (Wildman–Crippen LogP) is 3.47. The normalized spacial score (nSPS) is 13.8. The number of aryl methyl sites for hydroxylation is 2. The molecule has 0 spiro atoms. The molecule has 3 nitrogen and oxygen atoms in total. The van der Waals surface area contributed by atoms with Crippen LogP contribution in [0.25, 0.3) is 0 Å². The Morgan fingerprint density at radius 2 is 2.23 bits per heavy atom. The Morgan fingerprint density at radius 3 is 3.00 bits per heavy atom. The van der Waals surface area contributed by atoms with E-state index in [1.807, 2.05) is 18.0 Å². The molecule has 116 valence electrons. The third-order valence-corrected chi connectivity index (χ3v) is 5.04. The van der Waals surface area contributed by atoms with Gasteiger partial charge < -0.3 is 9.80 Å². The molecule has 1 aliphatic heterocycles. The van der Waals surface area contributed by atoms with E-state index in [-0.39, 0.29) is 5.91 Å². The lowest BCUT2D eigenvalue weighted by Crippen LogP contribution is -2.40. The summed E-state index contributed by atoms with van der Waals surface area (Å²) >= 11 is 1.70. The van der Waals surface area contributed by atoms with Gasteiger partial charge in [0.25, 0.3) is 0 Å². The lowest BCUT2D eigenvalue weighted by molar-refractivity contribution is -0.128. The highest BCUT2D eigenvalue weighted by Crippen LogP contribution is 2.27. The van der Waals surface area contributed by atoms with Gasteiger partial charge in [-0.25, -0.2) is 0 Å². The van der Waals surface area contributed by atoms with Crippen molar-refractivity contribution in [2.75, 3.05) is 25.0 Å². The third kappa shape index (κ3) is 3.33. The van der Waals surface area contributed by atoms with Crippen LogP contribution in [0.2, 0.25) is 0 Å². The molecule has 0 radical (unpaired) electrons. The van der Waals surface area contributed by atoms with Gasteiger partial charge in [-0.1, -0.05) is 23.8 Å². The molecule has 2 heterocycles. The van der Waals surface area contributed by atoms with Crippen molar-refractivity contribution in [1.29, 1.82) is 0 Å². The van der Waals surface area contributed by atoms with Gasteiger partial charge in [0.2, 0.25) is 5.91 Å². The number of anilines is 1. The smallest absolute Gasteiger partial charge is 0.242 e. The number of benzene rings is 1. The highest BCUT2D eigenvalue weighted by molar-refractivity contribution is 7.09. The zero-order valence-corrected chi connectivity index (χ0v) is 14.0. The lowest BCUT2D eigenvalue weighted by atomic mass is 9.99. The van der Waals surface area contributed by atoms with Crippen molar-refractivity contribution in [3.05, 3.63) is 51.7 Å². The predicted molar refractivity (Wildman–Crippen MR) is 92.5 cm³/mol. The second-order valence-corrected chi connectivity index (χ2v) is 7.02. The molecule has 1 amide bonds. The van der Waals surface area contributed by atoms with Gasteiger partial charge in [-0.3, -0.25) is 4.79 Å². The van der Waals surface area contributed by atoms with E-state index >= 15 is 0 Å². The molecule has 1 aliphatic rings. The minimum atomic E-state index is 0.182. The first-order valence-corrected chi connectivity index (χ1v) is 8.62. The Balaban J connectivity index is 1.67. The number of fused-ring (bicyclic) bond motifs is 1. The maximum Gasteiger partial charge on any atom is 0.242 e. The number of amides is 1. The number of nitrogens with zero attached hydrogens (tertiary/aromatic N) is 2. The molecule has 0 aliphatic carbocycles. The van der Waals surface area contributed by atoms with Crippen LogP contribution in [0.3, 0.4) is 0 Å². The molecule has 0 unspecified atom stereocenters. The zero-order chi connectivity index (χ0) is 15.5. The number of hydrogen-bond acceptors (Lipinski definition) is 3. The van der Waals surface area contributed by atoms with Crippen molar-refractivity contribution >= 4 is 22.9 Å². The second-order valence-electron chi connectivity index (χ2n) is 5.99. The topological polar surface area (TPSA) is 23.6 Å². The third-order valence-electron chi connectivity index (χ3n) is 4.17. The van der Waals surface area contributed by atoms with Crippen LogP contribution < -0.4 is 4.90 Å². The van der Waals surface area contributed by atoms with Crippen LogP contribution in [0.4, 0.5) is 5.69 Å². The van der Waals surface area contributed by atoms with Crippen molar-refractivity contribution in [2.45, 2.75) is 26.3 Å². The number of carbonyl (C=O) groups is 1. The summed E-state index contributed by atoms with van der Waals surface area (Å²) in [6.45, 7) is 4.26. The molecule has 4 heteroatoms. The van der Waals surface area contributed by atoms with Crippen molar-refractivity contribution in [1.82, 2.24) is 4.90 Å². The maximum atomic E-state index is 12.5. The standard InChI is InChI=1S/C18H22N2OS/c1-14-7-8-17-15(11-14)5-3-9-20(17)13-18(21)19(2)12-16-6-4-10-22-16/h4,6-8,10-11H,3,5,9,12-13H2,1-2H3. The lowest BCUT2D eigenvalue weighted by Gasteiger charge is -2.32. The van der Waals surface area contributed by atoms with E-state index in [4.69, 9.17) is 0 Å². The van der Waals surface area contributed by atoms with E-state index in [1.54, 1.807) is 11.3 Å². The van der Waals surface area contributed by atoms with Gasteiger partial charge in [0.05, 0.1) is 13.1 Å². The van der Waals surface area contributed by atoms with Crippen molar-refractivity contribution in [3.8, 4) is 0 Å². The van der Waals surface area contributed by atoms with E-state index in [0.717, 1.165) is 19.4 Å². The van der Waals surface area contributed by atoms with Crippen LogP contribution in [0.5, 0.6) is 0 Å². The Kier molecular flexibility index (Phi) is 4.48. The van der Waals surface area contributed by atoms with E-state index in [1.165, 1.54) is 21.7 Å². The van der Waals surface area contributed by atoms with Crippen LogP contribution in [0.1, 0.15) is 22.4 Å². The summed E-state index contributed by atoms with van der Waals surface area (Å²) in [5, 5.41) is 2.05. The summed E-state index contributed by atoms with van der Waals surface area (Å²) in [7, 11) is 1.89. The number of rotatable bonds is 4. The summed E-state index contributed by atoms with van der Waals surface area (Å²) in [5.41, 5.74) is 3.90. The Labute approximate surface area is 136 Å². The fourth-order valence-corrected chi connectivity index (χ4v) is 3.73. The number of likely N-dealkylation sites (N-methyl/N-ethyl adjacent to an activating group) is 1. The van der Waals surface area contributed by atoms with Gasteiger partial charge >= 0.3 is 0 Å². The van der Waals surface area contributed by atoms with Crippen LogP contribution in [-0.2, 0) is 17.8 Å². The summed E-state index contributed by atoms with van der Waals surface area (Å²) in [5.74, 6) is 0.182. The molecule has 0 N–H and O–H groups in total. The van der Waals surface area contributed by atoms with Gasteiger partial charge in [0.1, 0.15) is 0 Å². The fourth-order valence-electron chi connectivity index (χ4n) is 2.98. The maximum absolute atomic E-state index is 12.5. The molecule has 0 bridgehead atoms. The second kappa shape index (κ2) is 6.53. The number of thiophene rings is 1. The first kappa shape index (κ1) is 15.1. The van der Waals surface area contributed by atoms with Crippen molar-refractivity contribution in [3.63, 3.8) is 0 Å². The van der Waals surface area contributed by atoms with Crippen molar-refractivity contribution < 1.29 is 4.79 Å². The fraction of sp³-hybridized carbons (Fsp3) is 0.389. The number of hydrogen-bond donors (Lipinski definition) is 0. The van der Waals surface area contributed by atoms with E-state index < -0.39 is 0 Å². The monoisotopic (exact) mass is 314 g/mol. The molecule has 3 rings (SSSR count). The van der Waals surface area contributed by atoms with E-state index in [0.29, 0.717) is 13.1 Å². The minimum Gasteiger partial charge on any atom is -0.362 e. The van der Waals surface area contributed by atoms with Crippen LogP contribution in [0, 0.1) is 6.92 Å². The first-order valence-electron chi connectivity index (χ1n) is 7.74. The summed E-state index contributed by atoms with van der Waals surface area (Å²) in [6, 6.07) is 10.7. The van der Waals surface area contributed by atoms with Gasteiger partial charge in [0, 0.05) is 24.2 Å². The molecule has 22 heavy (non-hydrogen) atoms. The Morgan fingerprint density at radius 1 is 1.36 bits per heavy atom. The first-order chi connectivity index (χ1) is 10.6. The number of carbonyl (C=O) groups excluding carboxylic acids is 1. The van der Waals surface area contributed by atoms with Crippen molar-refractivity contribution in [2.24, 2.45) is 0 Å². The van der Waals surface area contributed by atoms with Gasteiger partial charge in [0.15, 0.2) is 0 Å². The average molecular weight is 314 g/mol. The molecule has 1 aromatic heterocycles. The average Bonchev–Trinajstić information content (AvgIpc) is 3.00. The molecule has 0 saturated heterocycles. The van der Waals surface area contributed by atoms with Crippen LogP contribution >= 0.6 is 11.3 Å². The van der Waals surface area contributed by atoms with Crippen LogP contribution in [0.15, 0.2) is 35.7 Å². The molecular formula is C18H22N2OS. The zero-order valence-electron chi connectivity index (χ0n) is 13.2. The molecule has 2 aromatic rings.